The van der Waals surface area contributed by atoms with Crippen LogP contribution in [0.3, 0.4) is 0 Å². The largest absolute Gasteiger partial charge is 0.387 e. The monoisotopic (exact) mass is 268 g/mol. The number of hydrogen-bond donors (Lipinski definition) is 3. The van der Waals surface area contributed by atoms with Crippen LogP contribution in [0.15, 0.2) is 42.6 Å². The molecule has 2 aromatic heterocycles. The molecule has 0 bridgehead atoms. The van der Waals surface area contributed by atoms with Crippen molar-refractivity contribution < 1.29 is 9.90 Å². The number of rotatable bonds is 3. The van der Waals surface area contributed by atoms with E-state index in [2.05, 4.69) is 20.3 Å². The molecule has 20 heavy (non-hydrogen) atoms. The van der Waals surface area contributed by atoms with Crippen LogP contribution in [0.1, 0.15) is 0 Å². The quantitative estimate of drug-likeness (QED) is 0.672. The van der Waals surface area contributed by atoms with Gasteiger partial charge in [-0.3, -0.25) is 9.78 Å². The van der Waals surface area contributed by atoms with Gasteiger partial charge in [-0.15, -0.1) is 0 Å². The number of hydrogen-bond acceptors (Lipinski definition) is 4. The zero-order chi connectivity index (χ0) is 13.9. The Labute approximate surface area is 114 Å². The maximum absolute atomic E-state index is 11.1. The lowest BCUT2D eigenvalue weighted by Gasteiger charge is -2.01. The first kappa shape index (κ1) is 12.3. The molecule has 0 atom stereocenters. The molecule has 100 valence electrons. The summed E-state index contributed by atoms with van der Waals surface area (Å²) in [5.41, 5.74) is 2.94. The van der Waals surface area contributed by atoms with E-state index in [-0.39, 0.29) is 0 Å². The zero-order valence-electron chi connectivity index (χ0n) is 10.5. The number of aromatic amines is 1. The number of anilines is 1. The minimum Gasteiger partial charge on any atom is -0.387 e. The van der Waals surface area contributed by atoms with Crippen molar-refractivity contribution in [1.82, 2.24) is 15.0 Å². The van der Waals surface area contributed by atoms with Gasteiger partial charge in [0, 0.05) is 11.9 Å². The molecule has 0 aliphatic heterocycles. The molecule has 6 heteroatoms. The van der Waals surface area contributed by atoms with Crippen LogP contribution in [0.25, 0.3) is 22.6 Å². The summed E-state index contributed by atoms with van der Waals surface area (Å²) in [6, 6.07) is 10.9. The minimum absolute atomic E-state index is 0.450. The summed E-state index contributed by atoms with van der Waals surface area (Å²) in [5, 5.41) is 11.3. The average molecular weight is 268 g/mol. The highest BCUT2D eigenvalue weighted by Gasteiger charge is 2.07. The van der Waals surface area contributed by atoms with Gasteiger partial charge in [-0.25, -0.2) is 4.98 Å². The third kappa shape index (κ3) is 2.36. The van der Waals surface area contributed by atoms with Gasteiger partial charge in [0.1, 0.15) is 12.3 Å². The summed E-state index contributed by atoms with van der Waals surface area (Å²) in [5.74, 6) is 0.222. The first-order valence-corrected chi connectivity index (χ1v) is 6.08. The van der Waals surface area contributed by atoms with Gasteiger partial charge >= 0.3 is 0 Å². The van der Waals surface area contributed by atoms with Gasteiger partial charge in [0.25, 0.3) is 0 Å². The second-order valence-corrected chi connectivity index (χ2v) is 4.24. The third-order valence-electron chi connectivity index (χ3n) is 2.82. The number of carbonyl (C=O) groups is 1. The number of imidazole rings is 1. The van der Waals surface area contributed by atoms with Gasteiger partial charge in [0.05, 0.1) is 11.0 Å². The number of fused-ring (bicyclic) bond motifs is 1. The van der Waals surface area contributed by atoms with Crippen molar-refractivity contribution in [1.29, 1.82) is 0 Å². The number of aliphatic hydroxyl groups is 1. The number of carbonyl (C=O) groups excluding carboxylic acids is 1. The number of nitrogens with zero attached hydrogens (tertiary/aromatic N) is 2. The maximum atomic E-state index is 11.1. The molecule has 0 unspecified atom stereocenters. The second-order valence-electron chi connectivity index (χ2n) is 4.24. The van der Waals surface area contributed by atoms with Gasteiger partial charge in [-0.2, -0.15) is 0 Å². The van der Waals surface area contributed by atoms with Crippen molar-refractivity contribution in [2.45, 2.75) is 0 Å². The highest BCUT2D eigenvalue weighted by Crippen LogP contribution is 2.21. The first-order valence-electron chi connectivity index (χ1n) is 6.08. The van der Waals surface area contributed by atoms with Crippen molar-refractivity contribution in [3.63, 3.8) is 0 Å². The van der Waals surface area contributed by atoms with E-state index in [0.717, 1.165) is 16.7 Å². The van der Waals surface area contributed by atoms with Crippen LogP contribution >= 0.6 is 0 Å². The lowest BCUT2D eigenvalue weighted by molar-refractivity contribution is -0.118. The number of aliphatic hydroxyl groups excluding tert-OH is 1. The molecule has 0 fully saturated rings. The van der Waals surface area contributed by atoms with E-state index in [0.29, 0.717) is 11.5 Å². The van der Waals surface area contributed by atoms with Crippen molar-refractivity contribution in [3.05, 3.63) is 42.6 Å². The highest BCUT2D eigenvalue weighted by atomic mass is 16.3. The van der Waals surface area contributed by atoms with E-state index in [4.69, 9.17) is 5.11 Å². The topological polar surface area (TPSA) is 90.9 Å². The average Bonchev–Trinajstić information content (AvgIpc) is 2.91. The van der Waals surface area contributed by atoms with E-state index in [1.807, 2.05) is 18.2 Å². The Bertz CT molecular complexity index is 752. The van der Waals surface area contributed by atoms with Crippen LogP contribution in [-0.2, 0) is 4.79 Å². The van der Waals surface area contributed by atoms with Crippen molar-refractivity contribution in [3.8, 4) is 11.5 Å². The third-order valence-corrected chi connectivity index (χ3v) is 2.82. The van der Waals surface area contributed by atoms with E-state index in [9.17, 15) is 4.79 Å². The fraction of sp³-hybridized carbons (Fsp3) is 0.0714. The molecular weight excluding hydrogens is 256 g/mol. The van der Waals surface area contributed by atoms with Gasteiger partial charge in [-0.05, 0) is 30.3 Å². The van der Waals surface area contributed by atoms with Crippen LogP contribution in [0.2, 0.25) is 0 Å². The number of aromatic nitrogens is 3. The predicted molar refractivity (Wildman–Crippen MR) is 75.0 cm³/mol. The van der Waals surface area contributed by atoms with E-state index < -0.39 is 12.5 Å². The molecule has 0 radical (unpaired) electrons. The van der Waals surface area contributed by atoms with Crippen LogP contribution in [0.5, 0.6) is 0 Å². The standard InChI is InChI=1S/C14H12N4O2/c19-8-13(20)16-9-4-5-10-12(7-9)18-14(17-10)11-3-1-2-6-15-11/h1-7,19H,8H2,(H,16,20)(H,17,18). The second kappa shape index (κ2) is 5.10. The fourth-order valence-corrected chi connectivity index (χ4v) is 1.91. The Morgan fingerprint density at radius 2 is 2.20 bits per heavy atom. The zero-order valence-corrected chi connectivity index (χ0v) is 10.5. The molecule has 0 saturated heterocycles. The Balaban J connectivity index is 1.97. The summed E-state index contributed by atoms with van der Waals surface area (Å²) >= 11 is 0. The summed E-state index contributed by atoms with van der Waals surface area (Å²) in [6.45, 7) is -0.541. The molecule has 3 N–H and O–H groups in total. The van der Waals surface area contributed by atoms with Crippen LogP contribution < -0.4 is 5.32 Å². The molecule has 1 aromatic carbocycles. The first-order chi connectivity index (χ1) is 9.76. The normalized spacial score (nSPS) is 10.7. The predicted octanol–water partition coefficient (Wildman–Crippen LogP) is 1.56. The van der Waals surface area contributed by atoms with E-state index in [1.54, 1.807) is 24.4 Å². The number of nitrogens with one attached hydrogen (secondary N) is 2. The molecular formula is C14H12N4O2. The summed E-state index contributed by atoms with van der Waals surface area (Å²) in [6.07, 6.45) is 1.70. The van der Waals surface area contributed by atoms with Crippen molar-refractivity contribution >= 4 is 22.6 Å². The van der Waals surface area contributed by atoms with E-state index in [1.165, 1.54) is 0 Å². The SMILES string of the molecule is O=C(CO)Nc1ccc2nc(-c3ccccn3)[nH]c2c1. The maximum Gasteiger partial charge on any atom is 0.250 e. The number of benzene rings is 1. The molecule has 6 nitrogen and oxygen atoms in total. The van der Waals surface area contributed by atoms with Crippen molar-refractivity contribution in [2.24, 2.45) is 0 Å². The van der Waals surface area contributed by atoms with Gasteiger partial charge in [0.15, 0.2) is 5.82 Å². The lowest BCUT2D eigenvalue weighted by Crippen LogP contribution is -2.15. The number of pyridine rings is 1. The Morgan fingerprint density at radius 1 is 1.30 bits per heavy atom. The Kier molecular flexibility index (Phi) is 3.14. The summed E-state index contributed by atoms with van der Waals surface area (Å²) < 4.78 is 0. The van der Waals surface area contributed by atoms with Gasteiger partial charge in [0.2, 0.25) is 5.91 Å². The fourth-order valence-electron chi connectivity index (χ4n) is 1.91. The molecule has 2 heterocycles. The minimum atomic E-state index is -0.541. The van der Waals surface area contributed by atoms with Crippen molar-refractivity contribution in [2.75, 3.05) is 11.9 Å². The lowest BCUT2D eigenvalue weighted by atomic mass is 10.3. The van der Waals surface area contributed by atoms with E-state index >= 15 is 0 Å². The molecule has 0 aliphatic rings. The highest BCUT2D eigenvalue weighted by molar-refractivity contribution is 5.94. The molecule has 3 aromatic rings. The van der Waals surface area contributed by atoms with Crippen LogP contribution in [0.4, 0.5) is 5.69 Å². The van der Waals surface area contributed by atoms with Crippen LogP contribution in [-0.4, -0.2) is 32.6 Å². The summed E-state index contributed by atoms with van der Waals surface area (Å²) in [7, 11) is 0. The number of H-pyrrole nitrogens is 1. The van der Waals surface area contributed by atoms with Gasteiger partial charge < -0.3 is 15.4 Å². The van der Waals surface area contributed by atoms with Gasteiger partial charge in [-0.1, -0.05) is 6.07 Å². The molecule has 0 saturated carbocycles. The number of amides is 1. The Morgan fingerprint density at radius 3 is 2.95 bits per heavy atom. The molecule has 3 rings (SSSR count). The summed E-state index contributed by atoms with van der Waals surface area (Å²) in [4.78, 5) is 23.0. The molecule has 0 spiro atoms. The van der Waals surface area contributed by atoms with Crippen LogP contribution in [0, 0.1) is 0 Å². The molecule has 0 aliphatic carbocycles. The smallest absolute Gasteiger partial charge is 0.250 e. The Hall–Kier alpha value is -2.73. The molecule has 1 amide bonds.